The fraction of sp³-hybridized carbons (Fsp3) is 0.222. The van der Waals surface area contributed by atoms with Gasteiger partial charge >= 0.3 is 5.97 Å². The zero-order chi connectivity index (χ0) is 16.5. The van der Waals surface area contributed by atoms with Gasteiger partial charge in [-0.1, -0.05) is 42.5 Å². The molecule has 0 heterocycles. The van der Waals surface area contributed by atoms with Crippen LogP contribution in [0.4, 0.5) is 0 Å². The van der Waals surface area contributed by atoms with Crippen LogP contribution < -0.4 is 10.1 Å². The first-order valence-electron chi connectivity index (χ1n) is 7.29. The van der Waals surface area contributed by atoms with Crippen molar-refractivity contribution in [2.75, 3.05) is 13.7 Å². The summed E-state index contributed by atoms with van der Waals surface area (Å²) in [5.41, 5.74) is 1.81. The van der Waals surface area contributed by atoms with E-state index in [0.717, 1.165) is 11.1 Å². The molecular formula is C18H19NO4. The lowest BCUT2D eigenvalue weighted by Crippen LogP contribution is -2.19. The molecule has 0 aliphatic carbocycles. The highest BCUT2D eigenvalue weighted by atomic mass is 16.6. The minimum atomic E-state index is -0.428. The summed E-state index contributed by atoms with van der Waals surface area (Å²) in [5.74, 6) is 0.0776. The standard InChI is InChI=1S/C18H19NO4/c1-19-17(20)11-14-7-9-16(10-8-14)22-13-18(21)23-12-15-5-3-2-4-6-15/h2-10H,11-13H2,1H3,(H,19,20). The number of carbonyl (C=O) groups is 2. The van der Waals surface area contributed by atoms with E-state index in [1.165, 1.54) is 0 Å². The number of likely N-dealkylation sites (N-methyl/N-ethyl adjacent to an activating group) is 1. The summed E-state index contributed by atoms with van der Waals surface area (Å²) in [7, 11) is 1.60. The summed E-state index contributed by atoms with van der Waals surface area (Å²) in [6, 6.07) is 16.5. The van der Waals surface area contributed by atoms with E-state index in [2.05, 4.69) is 5.32 Å². The molecule has 0 unspecified atom stereocenters. The van der Waals surface area contributed by atoms with Crippen LogP contribution in [0, 0.1) is 0 Å². The highest BCUT2D eigenvalue weighted by molar-refractivity contribution is 5.78. The van der Waals surface area contributed by atoms with Crippen molar-refractivity contribution in [2.24, 2.45) is 0 Å². The predicted octanol–water partition coefficient (Wildman–Crippen LogP) is 2.10. The van der Waals surface area contributed by atoms with Gasteiger partial charge in [-0.15, -0.1) is 0 Å². The molecule has 0 aromatic heterocycles. The van der Waals surface area contributed by atoms with E-state index in [4.69, 9.17) is 9.47 Å². The third-order valence-corrected chi connectivity index (χ3v) is 3.17. The van der Waals surface area contributed by atoms with Crippen molar-refractivity contribution >= 4 is 11.9 Å². The average Bonchev–Trinajstić information content (AvgIpc) is 2.60. The summed E-state index contributed by atoms with van der Waals surface area (Å²) in [6.07, 6.45) is 0.315. The predicted molar refractivity (Wildman–Crippen MR) is 85.9 cm³/mol. The number of carbonyl (C=O) groups excluding carboxylic acids is 2. The van der Waals surface area contributed by atoms with E-state index >= 15 is 0 Å². The van der Waals surface area contributed by atoms with Crippen molar-refractivity contribution in [3.63, 3.8) is 0 Å². The molecule has 23 heavy (non-hydrogen) atoms. The second kappa shape index (κ2) is 8.58. The van der Waals surface area contributed by atoms with Crippen molar-refractivity contribution in [1.82, 2.24) is 5.32 Å². The summed E-state index contributed by atoms with van der Waals surface area (Å²) in [6.45, 7) is 0.0791. The van der Waals surface area contributed by atoms with Crippen molar-refractivity contribution < 1.29 is 19.1 Å². The second-order valence-corrected chi connectivity index (χ2v) is 4.93. The maximum Gasteiger partial charge on any atom is 0.344 e. The third kappa shape index (κ3) is 5.82. The number of rotatable bonds is 7. The average molecular weight is 313 g/mol. The second-order valence-electron chi connectivity index (χ2n) is 4.93. The van der Waals surface area contributed by atoms with Crippen LogP contribution in [-0.4, -0.2) is 25.5 Å². The Labute approximate surface area is 135 Å². The Morgan fingerprint density at radius 2 is 1.65 bits per heavy atom. The van der Waals surface area contributed by atoms with E-state index in [9.17, 15) is 9.59 Å². The van der Waals surface area contributed by atoms with Gasteiger partial charge < -0.3 is 14.8 Å². The minimum Gasteiger partial charge on any atom is -0.482 e. The van der Waals surface area contributed by atoms with Crippen molar-refractivity contribution in [3.05, 3.63) is 65.7 Å². The number of hydrogen-bond donors (Lipinski definition) is 1. The van der Waals surface area contributed by atoms with Gasteiger partial charge in [0.15, 0.2) is 6.61 Å². The van der Waals surface area contributed by atoms with Gasteiger partial charge in [-0.3, -0.25) is 4.79 Å². The molecule has 1 N–H and O–H groups in total. The SMILES string of the molecule is CNC(=O)Cc1ccc(OCC(=O)OCc2ccccc2)cc1. The van der Waals surface area contributed by atoms with Crippen LogP contribution in [0.2, 0.25) is 0 Å². The lowest BCUT2D eigenvalue weighted by molar-refractivity contribution is -0.147. The van der Waals surface area contributed by atoms with Crippen LogP contribution in [0.5, 0.6) is 5.75 Å². The van der Waals surface area contributed by atoms with Crippen LogP contribution in [0.15, 0.2) is 54.6 Å². The van der Waals surface area contributed by atoms with E-state index in [1.54, 1.807) is 31.3 Å². The van der Waals surface area contributed by atoms with E-state index < -0.39 is 5.97 Å². The topological polar surface area (TPSA) is 64.6 Å². The summed E-state index contributed by atoms with van der Waals surface area (Å²) >= 11 is 0. The molecule has 1 amide bonds. The van der Waals surface area contributed by atoms with Gasteiger partial charge in [-0.05, 0) is 23.3 Å². The third-order valence-electron chi connectivity index (χ3n) is 3.17. The first kappa shape index (κ1) is 16.5. The highest BCUT2D eigenvalue weighted by Crippen LogP contribution is 2.12. The minimum absolute atomic E-state index is 0.0526. The van der Waals surface area contributed by atoms with Gasteiger partial charge in [0.05, 0.1) is 6.42 Å². The number of benzene rings is 2. The van der Waals surface area contributed by atoms with Crippen molar-refractivity contribution in [3.8, 4) is 5.75 Å². The number of nitrogens with one attached hydrogen (secondary N) is 1. The fourth-order valence-corrected chi connectivity index (χ4v) is 1.90. The maximum absolute atomic E-state index is 11.6. The van der Waals surface area contributed by atoms with Crippen molar-refractivity contribution in [2.45, 2.75) is 13.0 Å². The molecule has 0 aliphatic rings. The largest absolute Gasteiger partial charge is 0.482 e. The molecule has 0 atom stereocenters. The van der Waals surface area contributed by atoms with Crippen LogP contribution in [0.1, 0.15) is 11.1 Å². The van der Waals surface area contributed by atoms with Crippen LogP contribution in [0.3, 0.4) is 0 Å². The van der Waals surface area contributed by atoms with E-state index in [-0.39, 0.29) is 19.1 Å². The normalized spacial score (nSPS) is 9.96. The highest BCUT2D eigenvalue weighted by Gasteiger charge is 2.06. The zero-order valence-corrected chi connectivity index (χ0v) is 13.0. The van der Waals surface area contributed by atoms with Gasteiger partial charge in [0, 0.05) is 7.05 Å². The molecule has 0 radical (unpaired) electrons. The molecule has 2 aromatic carbocycles. The molecule has 5 nitrogen and oxygen atoms in total. The number of amides is 1. The molecule has 2 rings (SSSR count). The van der Waals surface area contributed by atoms with Crippen molar-refractivity contribution in [1.29, 1.82) is 0 Å². The fourth-order valence-electron chi connectivity index (χ4n) is 1.90. The van der Waals surface area contributed by atoms with Crippen LogP contribution in [-0.2, 0) is 27.4 Å². The molecule has 0 saturated heterocycles. The molecule has 0 saturated carbocycles. The Balaban J connectivity index is 1.74. The molecule has 5 heteroatoms. The molecule has 0 spiro atoms. The zero-order valence-electron chi connectivity index (χ0n) is 13.0. The molecule has 0 bridgehead atoms. The number of hydrogen-bond acceptors (Lipinski definition) is 4. The first-order valence-corrected chi connectivity index (χ1v) is 7.29. The Hall–Kier alpha value is -2.82. The Morgan fingerprint density at radius 3 is 2.30 bits per heavy atom. The molecule has 0 aliphatic heterocycles. The number of esters is 1. The van der Waals surface area contributed by atoms with Gasteiger partial charge in [0.1, 0.15) is 12.4 Å². The van der Waals surface area contributed by atoms with Gasteiger partial charge in [-0.25, -0.2) is 4.79 Å². The van der Waals surface area contributed by atoms with E-state index in [1.807, 2.05) is 30.3 Å². The Bertz CT molecular complexity index is 638. The molecule has 2 aromatic rings. The smallest absolute Gasteiger partial charge is 0.344 e. The molecular weight excluding hydrogens is 294 g/mol. The molecule has 120 valence electrons. The Kier molecular flexibility index (Phi) is 6.17. The van der Waals surface area contributed by atoms with Crippen LogP contribution >= 0.6 is 0 Å². The van der Waals surface area contributed by atoms with E-state index in [0.29, 0.717) is 12.2 Å². The van der Waals surface area contributed by atoms with Crippen LogP contribution in [0.25, 0.3) is 0 Å². The lowest BCUT2D eigenvalue weighted by atomic mass is 10.1. The summed E-state index contributed by atoms with van der Waals surface area (Å²) in [5, 5.41) is 2.56. The van der Waals surface area contributed by atoms with Gasteiger partial charge in [0.25, 0.3) is 0 Å². The summed E-state index contributed by atoms with van der Waals surface area (Å²) in [4.78, 5) is 22.9. The van der Waals surface area contributed by atoms with Gasteiger partial charge in [-0.2, -0.15) is 0 Å². The quantitative estimate of drug-likeness (QED) is 0.795. The lowest BCUT2D eigenvalue weighted by Gasteiger charge is -2.08. The first-order chi connectivity index (χ1) is 11.2. The number of ether oxygens (including phenoxy) is 2. The van der Waals surface area contributed by atoms with Gasteiger partial charge in [0.2, 0.25) is 5.91 Å². The maximum atomic E-state index is 11.6. The monoisotopic (exact) mass is 313 g/mol. The Morgan fingerprint density at radius 1 is 0.957 bits per heavy atom. The summed E-state index contributed by atoms with van der Waals surface area (Å²) < 4.78 is 10.5. The molecule has 0 fully saturated rings.